The number of carbonyl (C=O) groups excluding carboxylic acids is 1. The zero-order chi connectivity index (χ0) is 15.1. The third kappa shape index (κ3) is 4.02. The van der Waals surface area contributed by atoms with Gasteiger partial charge in [0.05, 0.1) is 13.7 Å². The number of nitrogens with one attached hydrogen (secondary N) is 1. The van der Waals surface area contributed by atoms with Crippen molar-refractivity contribution in [1.82, 2.24) is 5.32 Å². The van der Waals surface area contributed by atoms with E-state index in [9.17, 15) is 4.79 Å². The summed E-state index contributed by atoms with van der Waals surface area (Å²) in [4.78, 5) is 14.5. The van der Waals surface area contributed by atoms with Gasteiger partial charge in [0.2, 0.25) is 0 Å². The lowest BCUT2D eigenvalue weighted by Gasteiger charge is -2.05. The quantitative estimate of drug-likeness (QED) is 0.501. The highest BCUT2D eigenvalue weighted by atomic mass is 16.5. The maximum atomic E-state index is 11.9. The molecule has 1 aromatic carbocycles. The van der Waals surface area contributed by atoms with Crippen LogP contribution in [0.4, 0.5) is 0 Å². The Morgan fingerprint density at radius 2 is 2.10 bits per heavy atom. The maximum Gasteiger partial charge on any atom is 0.287 e. The first-order valence-corrected chi connectivity index (χ1v) is 6.23. The first-order chi connectivity index (χ1) is 10.2. The highest BCUT2D eigenvalue weighted by Gasteiger charge is 2.10. The molecule has 1 aromatic heterocycles. The van der Waals surface area contributed by atoms with Crippen LogP contribution in [0.25, 0.3) is 10.4 Å². The molecule has 21 heavy (non-hydrogen) atoms. The van der Waals surface area contributed by atoms with Gasteiger partial charge in [-0.05, 0) is 35.4 Å². The summed E-state index contributed by atoms with van der Waals surface area (Å²) in [5, 5.41) is 6.11. The van der Waals surface area contributed by atoms with Crippen molar-refractivity contribution < 1.29 is 13.9 Å². The lowest BCUT2D eigenvalue weighted by atomic mass is 10.2. The Hall–Kier alpha value is -2.92. The van der Waals surface area contributed by atoms with Gasteiger partial charge in [0, 0.05) is 11.5 Å². The molecule has 0 saturated heterocycles. The van der Waals surface area contributed by atoms with E-state index in [4.69, 9.17) is 14.7 Å². The van der Waals surface area contributed by atoms with E-state index in [1.165, 1.54) is 0 Å². The van der Waals surface area contributed by atoms with Crippen molar-refractivity contribution in [2.75, 3.05) is 7.11 Å². The average molecular weight is 286 g/mol. The number of hydrogen-bond acceptors (Lipinski definition) is 4. The van der Waals surface area contributed by atoms with Crippen LogP contribution in [0, 0.1) is 0 Å². The van der Waals surface area contributed by atoms with E-state index < -0.39 is 0 Å². The van der Waals surface area contributed by atoms with Crippen molar-refractivity contribution in [3.63, 3.8) is 0 Å². The third-order valence-corrected chi connectivity index (χ3v) is 2.79. The summed E-state index contributed by atoms with van der Waals surface area (Å²) in [6.45, 7) is 0.470. The van der Waals surface area contributed by atoms with Crippen LogP contribution in [0.15, 0.2) is 45.9 Å². The molecule has 0 aliphatic heterocycles. The Morgan fingerprint density at radius 3 is 2.76 bits per heavy atom. The van der Waals surface area contributed by atoms with Crippen molar-refractivity contribution in [3.05, 3.63) is 63.9 Å². The molecule has 0 bridgehead atoms. The molecule has 0 spiro atoms. The minimum absolute atomic E-state index is 0.0856. The highest BCUT2D eigenvalue weighted by Crippen LogP contribution is 2.12. The molecule has 0 radical (unpaired) electrons. The van der Waals surface area contributed by atoms with E-state index in [-0.39, 0.29) is 18.2 Å². The number of amides is 1. The molecule has 1 amide bonds. The minimum atomic E-state index is -0.321. The number of carbonyl (C=O) groups is 1. The Kier molecular flexibility index (Phi) is 4.84. The fourth-order valence-corrected chi connectivity index (χ4v) is 1.70. The van der Waals surface area contributed by atoms with Gasteiger partial charge in [-0.15, -0.1) is 0 Å². The molecule has 0 aliphatic carbocycles. The number of ether oxygens (including phenoxy) is 1. The van der Waals surface area contributed by atoms with Crippen LogP contribution in [0.5, 0.6) is 5.75 Å². The highest BCUT2D eigenvalue weighted by molar-refractivity contribution is 5.91. The summed E-state index contributed by atoms with van der Waals surface area (Å²) < 4.78 is 10.3. The van der Waals surface area contributed by atoms with Crippen LogP contribution < -0.4 is 10.1 Å². The summed E-state index contributed by atoms with van der Waals surface area (Å²) in [6, 6.07) is 10.5. The monoisotopic (exact) mass is 286 g/mol. The van der Waals surface area contributed by atoms with Crippen LogP contribution in [-0.2, 0) is 13.1 Å². The second kappa shape index (κ2) is 7.02. The average Bonchev–Trinajstić information content (AvgIpc) is 3.00. The van der Waals surface area contributed by atoms with Gasteiger partial charge in [-0.25, -0.2) is 0 Å². The molecule has 2 aromatic rings. The fourth-order valence-electron chi connectivity index (χ4n) is 1.70. The zero-order valence-corrected chi connectivity index (χ0v) is 11.4. The Labute approximate surface area is 121 Å². The van der Waals surface area contributed by atoms with Crippen LogP contribution in [0.3, 0.4) is 0 Å². The van der Waals surface area contributed by atoms with E-state index in [1.807, 2.05) is 24.3 Å². The van der Waals surface area contributed by atoms with Crippen molar-refractivity contribution in [2.24, 2.45) is 5.11 Å². The molecule has 1 heterocycles. The summed E-state index contributed by atoms with van der Waals surface area (Å²) in [7, 11) is 1.60. The number of nitrogens with zero attached hydrogens (tertiary/aromatic N) is 3. The van der Waals surface area contributed by atoms with Crippen LogP contribution in [-0.4, -0.2) is 13.0 Å². The van der Waals surface area contributed by atoms with Crippen molar-refractivity contribution in [1.29, 1.82) is 0 Å². The number of methoxy groups -OCH3 is 1. The van der Waals surface area contributed by atoms with E-state index in [0.717, 1.165) is 11.3 Å². The standard InChI is InChI=1S/C14H14N4O3/c1-20-11-4-2-10(3-5-11)8-16-14(19)13-7-6-12(21-13)9-17-18-15/h2-7H,8-9H2,1H3,(H,16,19). The maximum absolute atomic E-state index is 11.9. The predicted octanol–water partition coefficient (Wildman–Crippen LogP) is 3.03. The summed E-state index contributed by atoms with van der Waals surface area (Å²) in [6.07, 6.45) is 0. The van der Waals surface area contributed by atoms with E-state index in [0.29, 0.717) is 12.3 Å². The molecule has 0 atom stereocenters. The second-order valence-corrected chi connectivity index (χ2v) is 4.19. The van der Waals surface area contributed by atoms with Crippen LogP contribution in [0.2, 0.25) is 0 Å². The van der Waals surface area contributed by atoms with E-state index >= 15 is 0 Å². The number of rotatable bonds is 6. The van der Waals surface area contributed by atoms with Crippen LogP contribution in [0.1, 0.15) is 21.9 Å². The first-order valence-electron chi connectivity index (χ1n) is 6.23. The van der Waals surface area contributed by atoms with Gasteiger partial charge in [0.25, 0.3) is 5.91 Å². The molecule has 7 nitrogen and oxygen atoms in total. The molecular formula is C14H14N4O3. The number of benzene rings is 1. The van der Waals surface area contributed by atoms with Gasteiger partial charge in [-0.3, -0.25) is 4.79 Å². The van der Waals surface area contributed by atoms with Gasteiger partial charge in [-0.1, -0.05) is 17.2 Å². The smallest absolute Gasteiger partial charge is 0.287 e. The zero-order valence-electron chi connectivity index (χ0n) is 11.4. The van der Waals surface area contributed by atoms with Crippen molar-refractivity contribution in [3.8, 4) is 5.75 Å². The fraction of sp³-hybridized carbons (Fsp3) is 0.214. The van der Waals surface area contributed by atoms with Gasteiger partial charge >= 0.3 is 0 Å². The Bertz CT molecular complexity index is 657. The topological polar surface area (TPSA) is 100 Å². The summed E-state index contributed by atoms with van der Waals surface area (Å²) in [5.41, 5.74) is 9.17. The third-order valence-electron chi connectivity index (χ3n) is 2.79. The van der Waals surface area contributed by atoms with Crippen LogP contribution >= 0.6 is 0 Å². The van der Waals surface area contributed by atoms with Crippen molar-refractivity contribution >= 4 is 5.91 Å². The molecule has 0 saturated carbocycles. The second-order valence-electron chi connectivity index (χ2n) is 4.19. The van der Waals surface area contributed by atoms with Gasteiger partial charge in [-0.2, -0.15) is 0 Å². The first kappa shape index (κ1) is 14.5. The normalized spacial score (nSPS) is 9.76. The number of furan rings is 1. The molecular weight excluding hydrogens is 272 g/mol. The largest absolute Gasteiger partial charge is 0.497 e. The molecule has 7 heteroatoms. The molecule has 2 rings (SSSR count). The summed E-state index contributed by atoms with van der Waals surface area (Å²) in [5.74, 6) is 1.07. The van der Waals surface area contributed by atoms with Gasteiger partial charge in [0.1, 0.15) is 11.5 Å². The molecule has 0 fully saturated rings. The molecule has 1 N–H and O–H groups in total. The van der Waals surface area contributed by atoms with Gasteiger partial charge in [0.15, 0.2) is 5.76 Å². The molecule has 0 aliphatic rings. The minimum Gasteiger partial charge on any atom is -0.497 e. The van der Waals surface area contributed by atoms with Gasteiger partial charge < -0.3 is 14.5 Å². The number of azide groups is 1. The lowest BCUT2D eigenvalue weighted by molar-refractivity contribution is 0.0921. The Balaban J connectivity index is 1.91. The van der Waals surface area contributed by atoms with Crippen molar-refractivity contribution in [2.45, 2.75) is 13.1 Å². The lowest BCUT2D eigenvalue weighted by Crippen LogP contribution is -2.22. The predicted molar refractivity (Wildman–Crippen MR) is 75.7 cm³/mol. The molecule has 0 unspecified atom stereocenters. The van der Waals surface area contributed by atoms with E-state index in [1.54, 1.807) is 19.2 Å². The SMILES string of the molecule is COc1ccc(CNC(=O)c2ccc(CN=[N+]=[N-])o2)cc1. The Morgan fingerprint density at radius 1 is 1.33 bits per heavy atom. The van der Waals surface area contributed by atoms with E-state index in [2.05, 4.69) is 15.3 Å². The summed E-state index contributed by atoms with van der Waals surface area (Å²) >= 11 is 0. The molecule has 108 valence electrons. The number of hydrogen-bond donors (Lipinski definition) is 1.